The van der Waals surface area contributed by atoms with Crippen molar-refractivity contribution in [2.45, 2.75) is 13.5 Å². The van der Waals surface area contributed by atoms with Crippen molar-refractivity contribution in [2.24, 2.45) is 0 Å². The average molecular weight is 248 g/mol. The molecule has 0 amide bonds. The summed E-state index contributed by atoms with van der Waals surface area (Å²) in [5.41, 5.74) is 0. The van der Waals surface area contributed by atoms with Crippen LogP contribution in [-0.2, 0) is 11.3 Å². The van der Waals surface area contributed by atoms with Crippen molar-refractivity contribution in [3.8, 4) is 0 Å². The minimum atomic E-state index is 0.748. The molecule has 0 atom stereocenters. The molecule has 0 aliphatic heterocycles. The summed E-state index contributed by atoms with van der Waals surface area (Å²) in [6.07, 6.45) is 0. The van der Waals surface area contributed by atoms with Gasteiger partial charge < -0.3 is 14.5 Å². The van der Waals surface area contributed by atoms with Crippen LogP contribution in [0.4, 0.5) is 0 Å². The molecule has 1 rings (SSSR count). The maximum Gasteiger partial charge on any atom is 0.169 e. The molecule has 0 aromatic carbocycles. The molecule has 0 aliphatic carbocycles. The van der Waals surface area contributed by atoms with Gasteiger partial charge in [-0.05, 0) is 35.0 Å². The zero-order valence-electron chi connectivity index (χ0n) is 7.68. The van der Waals surface area contributed by atoms with Gasteiger partial charge in [-0.2, -0.15) is 0 Å². The van der Waals surface area contributed by atoms with Crippen LogP contribution in [0, 0.1) is 0 Å². The summed E-state index contributed by atoms with van der Waals surface area (Å²) in [5, 5.41) is 3.21. The second-order valence-electron chi connectivity index (χ2n) is 2.58. The van der Waals surface area contributed by atoms with Gasteiger partial charge in [0.2, 0.25) is 0 Å². The van der Waals surface area contributed by atoms with E-state index in [0.717, 1.165) is 36.7 Å². The van der Waals surface area contributed by atoms with E-state index in [4.69, 9.17) is 9.15 Å². The Morgan fingerprint density at radius 3 is 3.00 bits per heavy atom. The monoisotopic (exact) mass is 247 g/mol. The number of hydrogen-bond acceptors (Lipinski definition) is 3. The van der Waals surface area contributed by atoms with Gasteiger partial charge >= 0.3 is 0 Å². The summed E-state index contributed by atoms with van der Waals surface area (Å²) in [4.78, 5) is 0. The van der Waals surface area contributed by atoms with Crippen LogP contribution in [0.15, 0.2) is 21.2 Å². The van der Waals surface area contributed by atoms with Gasteiger partial charge in [0.15, 0.2) is 4.67 Å². The Balaban J connectivity index is 2.06. The number of hydrogen-bond donors (Lipinski definition) is 1. The van der Waals surface area contributed by atoms with Gasteiger partial charge in [-0.3, -0.25) is 0 Å². The number of nitrogens with one attached hydrogen (secondary N) is 1. The van der Waals surface area contributed by atoms with Crippen molar-refractivity contribution < 1.29 is 9.15 Å². The Labute approximate surface area is 86.6 Å². The number of halogens is 1. The molecular formula is C9H14BrNO2. The molecule has 1 aromatic rings. The van der Waals surface area contributed by atoms with Crippen molar-refractivity contribution in [3.63, 3.8) is 0 Å². The molecule has 0 bridgehead atoms. The summed E-state index contributed by atoms with van der Waals surface area (Å²) in [6.45, 7) is 5.11. The van der Waals surface area contributed by atoms with E-state index in [-0.39, 0.29) is 0 Å². The summed E-state index contributed by atoms with van der Waals surface area (Å²) in [7, 11) is 0. The van der Waals surface area contributed by atoms with Gasteiger partial charge in [0, 0.05) is 13.2 Å². The highest BCUT2D eigenvalue weighted by molar-refractivity contribution is 9.10. The lowest BCUT2D eigenvalue weighted by Crippen LogP contribution is -2.18. The first-order valence-corrected chi connectivity index (χ1v) is 5.15. The lowest BCUT2D eigenvalue weighted by atomic mass is 10.4. The number of ether oxygens (including phenoxy) is 1. The Hall–Kier alpha value is -0.320. The van der Waals surface area contributed by atoms with E-state index >= 15 is 0 Å². The molecule has 4 heteroatoms. The predicted octanol–water partition coefficient (Wildman–Crippen LogP) is 2.17. The fourth-order valence-electron chi connectivity index (χ4n) is 0.947. The summed E-state index contributed by atoms with van der Waals surface area (Å²) in [6, 6.07) is 3.83. The molecule has 0 spiro atoms. The molecule has 74 valence electrons. The fraction of sp³-hybridized carbons (Fsp3) is 0.556. The average Bonchev–Trinajstić information content (AvgIpc) is 2.51. The van der Waals surface area contributed by atoms with E-state index < -0.39 is 0 Å². The molecule has 0 fully saturated rings. The second kappa shape index (κ2) is 6.18. The zero-order valence-corrected chi connectivity index (χ0v) is 9.26. The first kappa shape index (κ1) is 10.8. The topological polar surface area (TPSA) is 34.4 Å². The molecule has 0 unspecified atom stereocenters. The van der Waals surface area contributed by atoms with Crippen molar-refractivity contribution >= 4 is 15.9 Å². The third-order valence-corrected chi connectivity index (χ3v) is 1.98. The van der Waals surface area contributed by atoms with Crippen LogP contribution >= 0.6 is 15.9 Å². The van der Waals surface area contributed by atoms with E-state index in [1.807, 2.05) is 19.1 Å². The van der Waals surface area contributed by atoms with Crippen molar-refractivity contribution in [3.05, 3.63) is 22.6 Å². The summed E-state index contributed by atoms with van der Waals surface area (Å²) in [5.74, 6) is 0.934. The smallest absolute Gasteiger partial charge is 0.169 e. The maximum absolute atomic E-state index is 5.30. The predicted molar refractivity (Wildman–Crippen MR) is 54.6 cm³/mol. The molecule has 0 aliphatic rings. The highest BCUT2D eigenvalue weighted by atomic mass is 79.9. The Bertz CT molecular complexity index is 237. The van der Waals surface area contributed by atoms with Gasteiger partial charge in [0.05, 0.1) is 13.2 Å². The molecule has 3 nitrogen and oxygen atoms in total. The van der Waals surface area contributed by atoms with Crippen LogP contribution in [-0.4, -0.2) is 19.8 Å². The second-order valence-corrected chi connectivity index (χ2v) is 3.36. The van der Waals surface area contributed by atoms with E-state index in [2.05, 4.69) is 21.2 Å². The fourth-order valence-corrected chi connectivity index (χ4v) is 1.29. The number of furan rings is 1. The lowest BCUT2D eigenvalue weighted by molar-refractivity contribution is 0.148. The standard InChI is InChI=1S/C9H14BrNO2/c1-2-12-6-5-11-7-8-3-4-9(10)13-8/h3-4,11H,2,5-7H2,1H3. The normalized spacial score (nSPS) is 10.6. The maximum atomic E-state index is 5.30. The SMILES string of the molecule is CCOCCNCc1ccc(Br)o1. The lowest BCUT2D eigenvalue weighted by Gasteiger charge is -2.01. The van der Waals surface area contributed by atoms with Gasteiger partial charge in [0.1, 0.15) is 5.76 Å². The molecule has 1 heterocycles. The van der Waals surface area contributed by atoms with Crippen molar-refractivity contribution in [1.82, 2.24) is 5.32 Å². The van der Waals surface area contributed by atoms with Crippen LogP contribution in [0.5, 0.6) is 0 Å². The third kappa shape index (κ3) is 4.45. The van der Waals surface area contributed by atoms with E-state index in [1.165, 1.54) is 0 Å². The zero-order chi connectivity index (χ0) is 9.52. The largest absolute Gasteiger partial charge is 0.453 e. The number of rotatable bonds is 6. The van der Waals surface area contributed by atoms with E-state index in [9.17, 15) is 0 Å². The van der Waals surface area contributed by atoms with Gasteiger partial charge in [-0.25, -0.2) is 0 Å². The molecule has 13 heavy (non-hydrogen) atoms. The first-order chi connectivity index (χ1) is 6.33. The van der Waals surface area contributed by atoms with Gasteiger partial charge in [0.25, 0.3) is 0 Å². The van der Waals surface area contributed by atoms with E-state index in [0.29, 0.717) is 0 Å². The molecule has 0 saturated heterocycles. The molecular weight excluding hydrogens is 234 g/mol. The Kier molecular flexibility index (Phi) is 5.12. The molecule has 0 saturated carbocycles. The van der Waals surface area contributed by atoms with Crippen molar-refractivity contribution in [1.29, 1.82) is 0 Å². The summed E-state index contributed by atoms with van der Waals surface area (Å²) < 4.78 is 11.2. The first-order valence-electron chi connectivity index (χ1n) is 4.35. The van der Waals surface area contributed by atoms with Gasteiger partial charge in [-0.15, -0.1) is 0 Å². The Morgan fingerprint density at radius 1 is 1.54 bits per heavy atom. The quantitative estimate of drug-likeness (QED) is 0.783. The van der Waals surface area contributed by atoms with Crippen LogP contribution in [0.2, 0.25) is 0 Å². The van der Waals surface area contributed by atoms with Crippen LogP contribution < -0.4 is 5.32 Å². The highest BCUT2D eigenvalue weighted by Crippen LogP contribution is 2.13. The third-order valence-electron chi connectivity index (χ3n) is 1.56. The van der Waals surface area contributed by atoms with Crippen molar-refractivity contribution in [2.75, 3.05) is 19.8 Å². The van der Waals surface area contributed by atoms with Gasteiger partial charge in [-0.1, -0.05) is 0 Å². The molecule has 1 N–H and O–H groups in total. The van der Waals surface area contributed by atoms with E-state index in [1.54, 1.807) is 0 Å². The molecule has 0 radical (unpaired) electrons. The van der Waals surface area contributed by atoms with Crippen LogP contribution in [0.25, 0.3) is 0 Å². The molecule has 1 aromatic heterocycles. The van der Waals surface area contributed by atoms with Crippen LogP contribution in [0.1, 0.15) is 12.7 Å². The summed E-state index contributed by atoms with van der Waals surface area (Å²) >= 11 is 3.25. The van der Waals surface area contributed by atoms with Crippen LogP contribution in [0.3, 0.4) is 0 Å². The minimum Gasteiger partial charge on any atom is -0.453 e. The minimum absolute atomic E-state index is 0.748. The highest BCUT2D eigenvalue weighted by Gasteiger charge is 1.97. The Morgan fingerprint density at radius 2 is 2.38 bits per heavy atom.